The highest BCUT2D eigenvalue weighted by molar-refractivity contribution is 5.60. The van der Waals surface area contributed by atoms with E-state index in [0.29, 0.717) is 0 Å². The van der Waals surface area contributed by atoms with E-state index in [1.807, 2.05) is 0 Å². The van der Waals surface area contributed by atoms with Gasteiger partial charge in [0.05, 0.1) is 0 Å². The highest BCUT2D eigenvalue weighted by Crippen LogP contribution is 1.96. The molecule has 2 N–H and O–H groups in total. The molecule has 6 heteroatoms. The molecule has 0 saturated heterocycles. The molecule has 0 saturated carbocycles. The molecule has 0 heterocycles. The van der Waals surface area contributed by atoms with Crippen LogP contribution < -0.4 is 5.73 Å². The normalized spacial score (nSPS) is 9.82. The summed E-state index contributed by atoms with van der Waals surface area (Å²) in [5, 5.41) is 0. The van der Waals surface area contributed by atoms with Gasteiger partial charge in [-0.3, -0.25) is 5.73 Å². The van der Waals surface area contributed by atoms with E-state index in [1.54, 1.807) is 0 Å². The Labute approximate surface area is 62.3 Å². The Kier molecular flexibility index (Phi) is 5.36. The van der Waals surface area contributed by atoms with Crippen LogP contribution in [0, 0.1) is 0 Å². The minimum Gasteiger partial charge on any atom is -0.425 e. The molecule has 0 aliphatic heterocycles. The monoisotopic (exact) mass is 169 g/mol. The van der Waals surface area contributed by atoms with Crippen molar-refractivity contribution in [3.05, 3.63) is 0 Å². The van der Waals surface area contributed by atoms with Gasteiger partial charge in [-0.25, -0.2) is 13.6 Å². The van der Waals surface area contributed by atoms with Crippen molar-refractivity contribution in [2.75, 3.05) is 20.1 Å². The third kappa shape index (κ3) is 4.49. The van der Waals surface area contributed by atoms with E-state index < -0.39 is 25.6 Å². The fourth-order valence-corrected chi connectivity index (χ4v) is 0.342. The van der Waals surface area contributed by atoms with Crippen molar-refractivity contribution < 1.29 is 23.0 Å². The Hall–Kier alpha value is -0.910. The van der Waals surface area contributed by atoms with Crippen LogP contribution in [0.25, 0.3) is 0 Å². The molecule has 0 bridgehead atoms. The largest absolute Gasteiger partial charge is 0.510 e. The first-order valence-corrected chi connectivity index (χ1v) is 2.90. The van der Waals surface area contributed by atoms with Crippen LogP contribution in [0.1, 0.15) is 0 Å². The molecule has 0 aromatic rings. The molecule has 0 aliphatic rings. The maximum Gasteiger partial charge on any atom is 0.510 e. The molecule has 0 spiro atoms. The van der Waals surface area contributed by atoms with Gasteiger partial charge in [0.25, 0.3) is 0 Å². The maximum atomic E-state index is 11.7. The standard InChI is InChI=1S/C5H9F2NO3/c6-1-4(2-7)11-5(9)10-3-8/h4H,1-3,8H2. The molecule has 0 atom stereocenters. The van der Waals surface area contributed by atoms with Crippen LogP contribution in [-0.4, -0.2) is 32.3 Å². The Morgan fingerprint density at radius 3 is 2.36 bits per heavy atom. The summed E-state index contributed by atoms with van der Waals surface area (Å²) >= 11 is 0. The van der Waals surface area contributed by atoms with Gasteiger partial charge in [0.1, 0.15) is 20.1 Å². The number of ether oxygens (including phenoxy) is 2. The molecule has 0 fully saturated rings. The van der Waals surface area contributed by atoms with Gasteiger partial charge in [0.15, 0.2) is 6.10 Å². The van der Waals surface area contributed by atoms with Crippen molar-refractivity contribution in [1.82, 2.24) is 0 Å². The second-order valence-electron chi connectivity index (χ2n) is 1.61. The Morgan fingerprint density at radius 2 is 2.00 bits per heavy atom. The number of hydrogen-bond donors (Lipinski definition) is 1. The minimum atomic E-state index is -1.38. The number of carbonyl (C=O) groups is 1. The van der Waals surface area contributed by atoms with Gasteiger partial charge < -0.3 is 9.47 Å². The molecule has 0 radical (unpaired) electrons. The number of carbonyl (C=O) groups excluding carboxylic acids is 1. The van der Waals surface area contributed by atoms with Gasteiger partial charge in [-0.05, 0) is 0 Å². The summed E-state index contributed by atoms with van der Waals surface area (Å²) in [6.45, 7) is -2.52. The Morgan fingerprint density at radius 1 is 1.45 bits per heavy atom. The highest BCUT2D eigenvalue weighted by Gasteiger charge is 2.14. The predicted octanol–water partition coefficient (Wildman–Crippen LogP) is 0.363. The number of nitrogens with two attached hydrogens (primary N) is 1. The lowest BCUT2D eigenvalue weighted by molar-refractivity contribution is 0.00782. The summed E-state index contributed by atoms with van der Waals surface area (Å²) in [5.41, 5.74) is 4.78. The molecule has 0 aromatic carbocycles. The molecular formula is C5H9F2NO3. The predicted molar refractivity (Wildman–Crippen MR) is 32.4 cm³/mol. The number of hydrogen-bond acceptors (Lipinski definition) is 4. The van der Waals surface area contributed by atoms with Gasteiger partial charge >= 0.3 is 6.16 Å². The van der Waals surface area contributed by atoms with Crippen LogP contribution in [0.15, 0.2) is 0 Å². The quantitative estimate of drug-likeness (QED) is 0.487. The third-order valence-electron chi connectivity index (χ3n) is 0.808. The van der Waals surface area contributed by atoms with Crippen molar-refractivity contribution in [2.45, 2.75) is 6.10 Å². The molecule has 0 unspecified atom stereocenters. The first-order chi connectivity index (χ1) is 5.24. The van der Waals surface area contributed by atoms with Crippen LogP contribution in [0.5, 0.6) is 0 Å². The number of rotatable bonds is 4. The van der Waals surface area contributed by atoms with Crippen molar-refractivity contribution in [3.63, 3.8) is 0 Å². The maximum absolute atomic E-state index is 11.7. The van der Waals surface area contributed by atoms with Gasteiger partial charge in [0, 0.05) is 0 Å². The number of alkyl halides is 2. The van der Waals surface area contributed by atoms with Crippen LogP contribution in [0.2, 0.25) is 0 Å². The summed E-state index contributed by atoms with van der Waals surface area (Å²) in [5.74, 6) is 0. The lowest BCUT2D eigenvalue weighted by Crippen LogP contribution is -2.24. The van der Waals surface area contributed by atoms with Crippen molar-refractivity contribution in [3.8, 4) is 0 Å². The smallest absolute Gasteiger partial charge is 0.425 e. The molecule has 0 amide bonds. The highest BCUT2D eigenvalue weighted by atomic mass is 19.1. The summed E-state index contributed by atoms with van der Waals surface area (Å²) < 4.78 is 31.5. The van der Waals surface area contributed by atoms with Gasteiger partial charge in [-0.1, -0.05) is 0 Å². The molecule has 4 nitrogen and oxygen atoms in total. The second kappa shape index (κ2) is 5.84. The van der Waals surface area contributed by atoms with E-state index in [2.05, 4.69) is 9.47 Å². The first kappa shape index (κ1) is 10.1. The van der Waals surface area contributed by atoms with Crippen molar-refractivity contribution in [2.24, 2.45) is 5.73 Å². The topological polar surface area (TPSA) is 61.5 Å². The van der Waals surface area contributed by atoms with E-state index in [9.17, 15) is 13.6 Å². The average Bonchev–Trinajstić information content (AvgIpc) is 2.01. The lowest BCUT2D eigenvalue weighted by atomic mass is 10.4. The molecule has 0 aliphatic carbocycles. The fraction of sp³-hybridized carbons (Fsp3) is 0.800. The number of halogens is 2. The van der Waals surface area contributed by atoms with Gasteiger partial charge in [-0.15, -0.1) is 0 Å². The van der Waals surface area contributed by atoms with E-state index in [4.69, 9.17) is 5.73 Å². The molecule has 0 aromatic heterocycles. The molecule has 66 valence electrons. The summed E-state index contributed by atoms with van der Waals surface area (Å²) in [7, 11) is 0. The van der Waals surface area contributed by atoms with E-state index in [1.165, 1.54) is 0 Å². The van der Waals surface area contributed by atoms with Crippen LogP contribution in [0.4, 0.5) is 13.6 Å². The molecule has 0 rings (SSSR count). The lowest BCUT2D eigenvalue weighted by Gasteiger charge is -2.09. The van der Waals surface area contributed by atoms with Crippen LogP contribution in [0.3, 0.4) is 0 Å². The van der Waals surface area contributed by atoms with Crippen molar-refractivity contribution >= 4 is 6.16 Å². The fourth-order valence-electron chi connectivity index (χ4n) is 0.342. The van der Waals surface area contributed by atoms with Crippen LogP contribution in [-0.2, 0) is 9.47 Å². The van der Waals surface area contributed by atoms with E-state index in [-0.39, 0.29) is 6.73 Å². The zero-order chi connectivity index (χ0) is 8.69. The van der Waals surface area contributed by atoms with Crippen molar-refractivity contribution in [1.29, 1.82) is 0 Å². The summed E-state index contributed by atoms with van der Waals surface area (Å²) in [6.07, 6.45) is -2.54. The molecular weight excluding hydrogens is 160 g/mol. The van der Waals surface area contributed by atoms with Gasteiger partial charge in [-0.2, -0.15) is 0 Å². The minimum absolute atomic E-state index is 0.371. The zero-order valence-electron chi connectivity index (χ0n) is 5.76. The van der Waals surface area contributed by atoms with Gasteiger partial charge in [0.2, 0.25) is 0 Å². The summed E-state index contributed by atoms with van der Waals surface area (Å²) in [4.78, 5) is 10.3. The second-order valence-corrected chi connectivity index (χ2v) is 1.61. The van der Waals surface area contributed by atoms with E-state index >= 15 is 0 Å². The first-order valence-electron chi connectivity index (χ1n) is 2.90. The summed E-state index contributed by atoms with van der Waals surface area (Å²) in [6, 6.07) is 0. The van der Waals surface area contributed by atoms with Crippen LogP contribution >= 0.6 is 0 Å². The Bertz CT molecular complexity index is 118. The Balaban J connectivity index is 3.54. The zero-order valence-corrected chi connectivity index (χ0v) is 5.76. The molecule has 11 heavy (non-hydrogen) atoms. The third-order valence-corrected chi connectivity index (χ3v) is 0.808. The SMILES string of the molecule is NCOC(=O)OC(CF)CF. The van der Waals surface area contributed by atoms with E-state index in [0.717, 1.165) is 0 Å². The average molecular weight is 169 g/mol.